The highest BCUT2D eigenvalue weighted by molar-refractivity contribution is 5.94. The molecule has 0 aliphatic carbocycles. The maximum Gasteiger partial charge on any atom is 0.416 e. The maximum atomic E-state index is 14.2. The number of halogens is 3. The molecule has 1 saturated heterocycles. The van der Waals surface area contributed by atoms with Crippen molar-refractivity contribution in [3.63, 3.8) is 0 Å². The summed E-state index contributed by atoms with van der Waals surface area (Å²) in [4.78, 5) is 44.7. The summed E-state index contributed by atoms with van der Waals surface area (Å²) >= 11 is 0. The van der Waals surface area contributed by atoms with Gasteiger partial charge in [0, 0.05) is 31.4 Å². The summed E-state index contributed by atoms with van der Waals surface area (Å²) in [5, 5.41) is 9.05. The van der Waals surface area contributed by atoms with Gasteiger partial charge in [-0.1, -0.05) is 0 Å². The zero-order chi connectivity index (χ0) is 29.5. The Kier molecular flexibility index (Phi) is 7.93. The lowest BCUT2D eigenvalue weighted by atomic mass is 9.97. The Labute approximate surface area is 228 Å². The number of carbonyl (C=O) groups excluding carboxylic acids is 1. The number of hydrogen-bond donors (Lipinski definition) is 1. The standard InChI is InChI=1S/C28H31F3N4O5/c1-15-12-34(13-16(2)40-15)26(38)19-6-8-20(9-7-19)33(5)17(3)21-10-22-24(11-23(21)28(29,30)31)32-18(4)35(27(22)39)14-25(36)37/h6-11,15-17H,12-14H2,1-5H3,(H,36,37). The number of aromatic nitrogens is 2. The maximum absolute atomic E-state index is 14.2. The molecule has 0 radical (unpaired) electrons. The van der Waals surface area contributed by atoms with Crippen LogP contribution in [0.1, 0.15) is 54.1 Å². The SMILES string of the molecule is Cc1nc2cc(C(F)(F)F)c(C(C)N(C)c3ccc(C(=O)N4CC(C)OC(C)C4)cc3)cc2c(=O)n1CC(=O)O. The van der Waals surface area contributed by atoms with Crippen molar-refractivity contribution in [3.05, 3.63) is 69.3 Å². The van der Waals surface area contributed by atoms with Gasteiger partial charge in [0.1, 0.15) is 12.4 Å². The Balaban J connectivity index is 1.69. The van der Waals surface area contributed by atoms with Crippen molar-refractivity contribution in [1.29, 1.82) is 0 Å². The molecule has 1 amide bonds. The molecule has 1 aromatic heterocycles. The molecule has 1 aliphatic heterocycles. The number of morpholine rings is 1. The van der Waals surface area contributed by atoms with Crippen LogP contribution >= 0.6 is 0 Å². The van der Waals surface area contributed by atoms with Crippen LogP contribution < -0.4 is 10.5 Å². The van der Waals surface area contributed by atoms with Crippen molar-refractivity contribution in [3.8, 4) is 0 Å². The highest BCUT2D eigenvalue weighted by atomic mass is 19.4. The van der Waals surface area contributed by atoms with Crippen LogP contribution in [0.2, 0.25) is 0 Å². The number of anilines is 1. The Morgan fingerprint density at radius 2 is 1.75 bits per heavy atom. The molecule has 2 heterocycles. The molecule has 1 fully saturated rings. The van der Waals surface area contributed by atoms with E-state index in [1.54, 1.807) is 48.0 Å². The Hall–Kier alpha value is -3.93. The first-order chi connectivity index (χ1) is 18.7. The highest BCUT2D eigenvalue weighted by Gasteiger charge is 2.36. The second-order valence-corrected chi connectivity index (χ2v) is 10.2. The number of ether oxygens (including phenoxy) is 1. The number of aryl methyl sites for hydroxylation is 1. The lowest BCUT2D eigenvalue weighted by Crippen LogP contribution is -2.48. The summed E-state index contributed by atoms with van der Waals surface area (Å²) in [5.41, 5.74) is -0.985. The van der Waals surface area contributed by atoms with Gasteiger partial charge in [-0.2, -0.15) is 13.2 Å². The predicted molar refractivity (Wildman–Crippen MR) is 143 cm³/mol. The van der Waals surface area contributed by atoms with E-state index in [1.807, 2.05) is 13.8 Å². The van der Waals surface area contributed by atoms with Gasteiger partial charge < -0.3 is 19.6 Å². The summed E-state index contributed by atoms with van der Waals surface area (Å²) in [5.74, 6) is -1.42. The first kappa shape index (κ1) is 29.1. The van der Waals surface area contributed by atoms with Crippen molar-refractivity contribution in [2.75, 3.05) is 25.0 Å². The predicted octanol–water partition coefficient (Wildman–Crippen LogP) is 4.26. The third-order valence-corrected chi connectivity index (χ3v) is 7.17. The van der Waals surface area contributed by atoms with Crippen molar-refractivity contribution in [1.82, 2.24) is 14.5 Å². The molecule has 9 nitrogen and oxygen atoms in total. The number of nitrogens with zero attached hydrogens (tertiary/aromatic N) is 4. The quantitative estimate of drug-likeness (QED) is 0.481. The third-order valence-electron chi connectivity index (χ3n) is 7.17. The number of hydrogen-bond acceptors (Lipinski definition) is 6. The normalized spacial score (nSPS) is 18.6. The summed E-state index contributed by atoms with van der Waals surface area (Å²) < 4.78 is 49.1. The van der Waals surface area contributed by atoms with E-state index in [0.717, 1.165) is 16.7 Å². The van der Waals surface area contributed by atoms with Crippen LogP contribution in [-0.2, 0) is 22.3 Å². The van der Waals surface area contributed by atoms with E-state index in [4.69, 9.17) is 9.84 Å². The van der Waals surface area contributed by atoms with Gasteiger partial charge in [-0.05, 0) is 69.7 Å². The van der Waals surface area contributed by atoms with Crippen molar-refractivity contribution in [2.45, 2.75) is 58.7 Å². The van der Waals surface area contributed by atoms with E-state index in [2.05, 4.69) is 4.98 Å². The van der Waals surface area contributed by atoms with Gasteiger partial charge in [-0.3, -0.25) is 19.0 Å². The second-order valence-electron chi connectivity index (χ2n) is 10.2. The number of rotatable bonds is 6. The smallest absolute Gasteiger partial charge is 0.416 e. The van der Waals surface area contributed by atoms with Gasteiger partial charge >= 0.3 is 12.1 Å². The van der Waals surface area contributed by atoms with Crippen LogP contribution in [0, 0.1) is 6.92 Å². The molecule has 1 N–H and O–H groups in total. The third kappa shape index (κ3) is 5.81. The summed E-state index contributed by atoms with van der Waals surface area (Å²) in [6.45, 7) is 7.01. The van der Waals surface area contributed by atoms with Gasteiger partial charge in [0.2, 0.25) is 0 Å². The first-order valence-corrected chi connectivity index (χ1v) is 12.8. The second kappa shape index (κ2) is 10.9. The fourth-order valence-corrected chi connectivity index (χ4v) is 5.11. The number of benzene rings is 2. The Morgan fingerprint density at radius 1 is 1.15 bits per heavy atom. The van der Waals surface area contributed by atoms with Crippen LogP contribution in [-0.4, -0.2) is 63.8 Å². The molecule has 3 unspecified atom stereocenters. The molecule has 3 aromatic rings. The molecule has 40 heavy (non-hydrogen) atoms. The van der Waals surface area contributed by atoms with E-state index >= 15 is 0 Å². The van der Waals surface area contributed by atoms with Crippen molar-refractivity contribution in [2.24, 2.45) is 0 Å². The number of carboxylic acid groups (broad SMARTS) is 1. The molecule has 0 bridgehead atoms. The number of amides is 1. The number of fused-ring (bicyclic) bond motifs is 1. The monoisotopic (exact) mass is 560 g/mol. The van der Waals surface area contributed by atoms with Crippen molar-refractivity contribution >= 4 is 28.5 Å². The lowest BCUT2D eigenvalue weighted by molar-refractivity contribution is -0.138. The molecular formula is C28H31F3N4O5. The molecule has 4 rings (SSSR count). The average Bonchev–Trinajstić information content (AvgIpc) is 2.88. The first-order valence-electron chi connectivity index (χ1n) is 12.8. The lowest BCUT2D eigenvalue weighted by Gasteiger charge is -2.35. The van der Waals surface area contributed by atoms with E-state index in [0.29, 0.717) is 24.3 Å². The van der Waals surface area contributed by atoms with E-state index in [-0.39, 0.29) is 40.4 Å². The molecule has 1 aliphatic rings. The minimum Gasteiger partial charge on any atom is -0.480 e. The number of carboxylic acids is 1. The summed E-state index contributed by atoms with van der Waals surface area (Å²) in [6.07, 6.45) is -4.90. The highest BCUT2D eigenvalue weighted by Crippen LogP contribution is 2.39. The number of carbonyl (C=O) groups is 2. The molecule has 0 saturated carbocycles. The van der Waals surface area contributed by atoms with Crippen LogP contribution in [0.4, 0.5) is 18.9 Å². The molecule has 0 spiro atoms. The zero-order valence-corrected chi connectivity index (χ0v) is 22.8. The van der Waals surface area contributed by atoms with Gasteiger partial charge in [-0.15, -0.1) is 0 Å². The molecule has 12 heteroatoms. The van der Waals surface area contributed by atoms with Gasteiger partial charge in [0.15, 0.2) is 0 Å². The van der Waals surface area contributed by atoms with Crippen LogP contribution in [0.15, 0.2) is 41.2 Å². The zero-order valence-electron chi connectivity index (χ0n) is 22.8. The summed E-state index contributed by atoms with van der Waals surface area (Å²) in [7, 11) is 1.62. The minimum absolute atomic E-state index is 0.00146. The summed E-state index contributed by atoms with van der Waals surface area (Å²) in [6, 6.07) is 7.72. The fraction of sp³-hybridized carbons (Fsp3) is 0.429. The minimum atomic E-state index is -4.73. The van der Waals surface area contributed by atoms with Gasteiger partial charge in [0.05, 0.1) is 34.7 Å². The van der Waals surface area contributed by atoms with E-state index < -0.39 is 35.9 Å². The van der Waals surface area contributed by atoms with Crippen LogP contribution in [0.25, 0.3) is 10.9 Å². The number of aliphatic carboxylic acids is 1. The molecule has 3 atom stereocenters. The Morgan fingerprint density at radius 3 is 2.30 bits per heavy atom. The molecule has 214 valence electrons. The van der Waals surface area contributed by atoms with Crippen molar-refractivity contribution < 1.29 is 32.6 Å². The molecule has 2 aromatic carbocycles. The van der Waals surface area contributed by atoms with Gasteiger partial charge in [-0.25, -0.2) is 4.98 Å². The molecular weight excluding hydrogens is 529 g/mol. The van der Waals surface area contributed by atoms with E-state index in [9.17, 15) is 27.6 Å². The largest absolute Gasteiger partial charge is 0.480 e. The number of alkyl halides is 3. The fourth-order valence-electron chi connectivity index (χ4n) is 5.11. The van der Waals surface area contributed by atoms with E-state index in [1.165, 1.54) is 6.92 Å². The average molecular weight is 561 g/mol. The van der Waals surface area contributed by atoms with Gasteiger partial charge in [0.25, 0.3) is 11.5 Å². The topological polar surface area (TPSA) is 105 Å². The van der Waals surface area contributed by atoms with Crippen LogP contribution in [0.3, 0.4) is 0 Å². The Bertz CT molecular complexity index is 1490. The van der Waals surface area contributed by atoms with Crippen LogP contribution in [0.5, 0.6) is 0 Å².